The van der Waals surface area contributed by atoms with Gasteiger partial charge >= 0.3 is 6.18 Å². The zero-order valence-corrected chi connectivity index (χ0v) is 10.5. The van der Waals surface area contributed by atoms with E-state index in [1.807, 2.05) is 0 Å². The molecule has 2 aromatic heterocycles. The van der Waals surface area contributed by atoms with Crippen molar-refractivity contribution in [1.29, 1.82) is 0 Å². The number of rotatable bonds is 4. The summed E-state index contributed by atoms with van der Waals surface area (Å²) < 4.78 is 42.4. The maximum Gasteiger partial charge on any atom is 0.408 e. The lowest BCUT2D eigenvalue weighted by molar-refractivity contribution is -0.142. The van der Waals surface area contributed by atoms with Gasteiger partial charge in [-0.25, -0.2) is 0 Å². The van der Waals surface area contributed by atoms with Gasteiger partial charge in [-0.1, -0.05) is 5.16 Å². The number of anilines is 1. The molecule has 0 amide bonds. The van der Waals surface area contributed by atoms with Crippen LogP contribution in [0.2, 0.25) is 0 Å². The Kier molecular flexibility index (Phi) is 3.60. The Balaban J connectivity index is 2.01. The van der Waals surface area contributed by atoms with Gasteiger partial charge in [-0.15, -0.1) is 0 Å². The molecule has 0 spiro atoms. The van der Waals surface area contributed by atoms with Crippen molar-refractivity contribution in [3.05, 3.63) is 28.7 Å². The predicted molar refractivity (Wildman–Crippen MR) is 59.8 cm³/mol. The predicted octanol–water partition coefficient (Wildman–Crippen LogP) is 2.81. The minimum absolute atomic E-state index is 0.318. The summed E-state index contributed by atoms with van der Waals surface area (Å²) in [5.74, 6) is 0.322. The first kappa shape index (κ1) is 12.9. The molecule has 9 heteroatoms. The van der Waals surface area contributed by atoms with Gasteiger partial charge in [-0.05, 0) is 15.9 Å². The molecule has 0 unspecified atom stereocenters. The third-order valence-corrected chi connectivity index (χ3v) is 2.57. The number of alkyl halides is 3. The van der Waals surface area contributed by atoms with Crippen LogP contribution in [0.1, 0.15) is 5.69 Å². The van der Waals surface area contributed by atoms with E-state index < -0.39 is 12.7 Å². The molecule has 0 fully saturated rings. The molecule has 1 N–H and O–H groups in total. The highest BCUT2D eigenvalue weighted by Crippen LogP contribution is 2.23. The van der Waals surface area contributed by atoms with E-state index in [1.165, 1.54) is 12.5 Å². The highest BCUT2D eigenvalue weighted by Gasteiger charge is 2.28. The van der Waals surface area contributed by atoms with Crippen molar-refractivity contribution in [3.8, 4) is 0 Å². The zero-order valence-electron chi connectivity index (χ0n) is 8.91. The van der Waals surface area contributed by atoms with Gasteiger partial charge in [-0.3, -0.25) is 4.68 Å². The van der Waals surface area contributed by atoms with Gasteiger partial charge in [0, 0.05) is 12.3 Å². The smallest absolute Gasteiger partial charge is 0.364 e. The van der Waals surface area contributed by atoms with E-state index in [-0.39, 0.29) is 0 Å². The van der Waals surface area contributed by atoms with Crippen molar-refractivity contribution in [2.45, 2.75) is 19.3 Å². The SMILES string of the molecule is FC(F)(F)Cn1cc(Br)c(NCc2ccon2)n1. The van der Waals surface area contributed by atoms with E-state index in [0.717, 1.165) is 4.68 Å². The number of hydrogen-bond donors (Lipinski definition) is 1. The Morgan fingerprint density at radius 2 is 2.22 bits per heavy atom. The van der Waals surface area contributed by atoms with Gasteiger partial charge in [0.05, 0.1) is 11.0 Å². The van der Waals surface area contributed by atoms with Gasteiger partial charge in [0.25, 0.3) is 0 Å². The summed E-state index contributed by atoms with van der Waals surface area (Å²) in [6.45, 7) is -0.810. The monoisotopic (exact) mass is 324 g/mol. The highest BCUT2D eigenvalue weighted by molar-refractivity contribution is 9.10. The van der Waals surface area contributed by atoms with E-state index >= 15 is 0 Å². The molecule has 98 valence electrons. The largest absolute Gasteiger partial charge is 0.408 e. The van der Waals surface area contributed by atoms with Crippen LogP contribution in [0.25, 0.3) is 0 Å². The fraction of sp³-hybridized carbons (Fsp3) is 0.333. The van der Waals surface area contributed by atoms with E-state index in [4.69, 9.17) is 0 Å². The van der Waals surface area contributed by atoms with E-state index in [1.54, 1.807) is 6.07 Å². The Labute approximate surface area is 108 Å². The Bertz CT molecular complexity index is 508. The third kappa shape index (κ3) is 3.49. The fourth-order valence-electron chi connectivity index (χ4n) is 1.28. The van der Waals surface area contributed by atoms with Crippen LogP contribution in [0, 0.1) is 0 Å². The molecule has 2 heterocycles. The lowest BCUT2D eigenvalue weighted by atomic mass is 10.4. The second-order valence-corrected chi connectivity index (χ2v) is 4.34. The first-order valence-corrected chi connectivity index (χ1v) is 5.66. The second-order valence-electron chi connectivity index (χ2n) is 3.48. The van der Waals surface area contributed by atoms with Crippen molar-refractivity contribution < 1.29 is 17.7 Å². The summed E-state index contributed by atoms with van der Waals surface area (Å²) in [4.78, 5) is 0. The normalized spacial score (nSPS) is 11.8. The van der Waals surface area contributed by atoms with Gasteiger partial charge in [0.1, 0.15) is 18.5 Å². The number of hydrogen-bond acceptors (Lipinski definition) is 4. The second kappa shape index (κ2) is 5.01. The van der Waals surface area contributed by atoms with Gasteiger partial charge in [-0.2, -0.15) is 18.3 Å². The molecule has 0 aliphatic heterocycles. The Hall–Kier alpha value is -1.51. The molecule has 0 saturated heterocycles. The number of nitrogens with one attached hydrogen (secondary N) is 1. The molecule has 0 atom stereocenters. The van der Waals surface area contributed by atoms with E-state index in [9.17, 15) is 13.2 Å². The molecule has 0 radical (unpaired) electrons. The standard InChI is InChI=1S/C9H8BrF3N4O/c10-7-4-17(5-9(11,12)13)15-8(7)14-3-6-1-2-18-16-6/h1-2,4H,3,5H2,(H,14,15). The lowest BCUT2D eigenvalue weighted by Gasteiger charge is -2.05. The third-order valence-electron chi connectivity index (χ3n) is 1.99. The molecule has 0 aromatic carbocycles. The Morgan fingerprint density at radius 3 is 2.83 bits per heavy atom. The summed E-state index contributed by atoms with van der Waals surface area (Å²) >= 11 is 3.13. The average molecular weight is 325 g/mol. The fourth-order valence-corrected chi connectivity index (χ4v) is 1.74. The Morgan fingerprint density at radius 1 is 1.44 bits per heavy atom. The topological polar surface area (TPSA) is 55.9 Å². The minimum Gasteiger partial charge on any atom is -0.364 e. The molecule has 0 saturated carbocycles. The van der Waals surface area contributed by atoms with Crippen molar-refractivity contribution in [1.82, 2.24) is 14.9 Å². The molecule has 0 aliphatic rings. The van der Waals surface area contributed by atoms with Gasteiger partial charge < -0.3 is 9.84 Å². The van der Waals surface area contributed by atoms with Crippen molar-refractivity contribution in [3.63, 3.8) is 0 Å². The van der Waals surface area contributed by atoms with Crippen molar-refractivity contribution in [2.24, 2.45) is 0 Å². The van der Waals surface area contributed by atoms with E-state index in [0.29, 0.717) is 22.5 Å². The first-order chi connectivity index (χ1) is 8.44. The lowest BCUT2D eigenvalue weighted by Crippen LogP contribution is -2.18. The van der Waals surface area contributed by atoms with Crippen LogP contribution in [0.4, 0.5) is 19.0 Å². The van der Waals surface area contributed by atoms with Crippen LogP contribution in [-0.4, -0.2) is 21.1 Å². The zero-order chi connectivity index (χ0) is 13.2. The maximum atomic E-state index is 12.2. The molecule has 0 bridgehead atoms. The maximum absolute atomic E-state index is 12.2. The van der Waals surface area contributed by atoms with Crippen molar-refractivity contribution >= 4 is 21.7 Å². The van der Waals surface area contributed by atoms with Crippen LogP contribution in [-0.2, 0) is 13.1 Å². The van der Waals surface area contributed by atoms with Crippen LogP contribution in [0.5, 0.6) is 0 Å². The first-order valence-electron chi connectivity index (χ1n) is 4.87. The molecule has 0 aliphatic carbocycles. The summed E-state index contributed by atoms with van der Waals surface area (Å²) in [6, 6.07) is 1.65. The summed E-state index contributed by atoms with van der Waals surface area (Å²) in [5.41, 5.74) is 0.632. The van der Waals surface area contributed by atoms with E-state index in [2.05, 4.69) is 36.0 Å². The van der Waals surface area contributed by atoms with Gasteiger partial charge in [0.2, 0.25) is 0 Å². The number of nitrogens with zero attached hydrogens (tertiary/aromatic N) is 3. The summed E-state index contributed by atoms with van der Waals surface area (Å²) in [6.07, 6.45) is -1.62. The van der Waals surface area contributed by atoms with Crippen molar-refractivity contribution in [2.75, 3.05) is 5.32 Å². The van der Waals surface area contributed by atoms with Crippen LogP contribution < -0.4 is 5.32 Å². The summed E-state index contributed by atoms with van der Waals surface area (Å²) in [5, 5.41) is 10.3. The molecule has 2 aromatic rings. The highest BCUT2D eigenvalue weighted by atomic mass is 79.9. The molecule has 5 nitrogen and oxygen atoms in total. The van der Waals surface area contributed by atoms with Crippen LogP contribution in [0.15, 0.2) is 27.5 Å². The number of halogens is 4. The minimum atomic E-state index is -4.30. The van der Waals surface area contributed by atoms with Crippen LogP contribution >= 0.6 is 15.9 Å². The molecule has 2 rings (SSSR count). The van der Waals surface area contributed by atoms with Crippen LogP contribution in [0.3, 0.4) is 0 Å². The average Bonchev–Trinajstić information content (AvgIpc) is 2.83. The quantitative estimate of drug-likeness (QED) is 0.939. The number of aromatic nitrogens is 3. The molecule has 18 heavy (non-hydrogen) atoms. The summed E-state index contributed by atoms with van der Waals surface area (Å²) in [7, 11) is 0. The molecular weight excluding hydrogens is 317 g/mol. The van der Waals surface area contributed by atoms with Gasteiger partial charge in [0.15, 0.2) is 5.82 Å². The molecular formula is C9H8BrF3N4O.